The second-order valence-corrected chi connectivity index (χ2v) is 9.78. The summed E-state index contributed by atoms with van der Waals surface area (Å²) in [6.45, 7) is 3.90. The second kappa shape index (κ2) is 10.8. The van der Waals surface area contributed by atoms with E-state index in [0.29, 0.717) is 0 Å². The number of amides is 1. The van der Waals surface area contributed by atoms with Crippen molar-refractivity contribution in [3.05, 3.63) is 94.3 Å². The Hall–Kier alpha value is -2.90. The average molecular weight is 489 g/mol. The van der Waals surface area contributed by atoms with Gasteiger partial charge in [-0.05, 0) is 59.9 Å². The average Bonchev–Trinajstić information content (AvgIpc) is 2.83. The molecule has 174 valence electrons. The molecular formula is C25H26ClFN2O3S. The SMILES string of the molecule is CCc1ccc(CC)c(CNC(=O)CN(c2ccc(F)c(Cl)c2)S(=O)(=O)c2ccccc2)c1. The van der Waals surface area contributed by atoms with Crippen molar-refractivity contribution in [1.29, 1.82) is 0 Å². The molecule has 0 heterocycles. The van der Waals surface area contributed by atoms with Crippen LogP contribution in [0.15, 0.2) is 71.6 Å². The topological polar surface area (TPSA) is 66.5 Å². The van der Waals surface area contributed by atoms with Gasteiger partial charge in [0.25, 0.3) is 10.0 Å². The van der Waals surface area contributed by atoms with E-state index in [2.05, 4.69) is 24.4 Å². The van der Waals surface area contributed by atoms with E-state index in [-0.39, 0.29) is 22.2 Å². The molecule has 0 saturated carbocycles. The third-order valence-electron chi connectivity index (χ3n) is 5.35. The quantitative estimate of drug-likeness (QED) is 0.455. The van der Waals surface area contributed by atoms with Crippen LogP contribution in [-0.2, 0) is 34.2 Å². The molecule has 8 heteroatoms. The van der Waals surface area contributed by atoms with E-state index in [0.717, 1.165) is 39.9 Å². The van der Waals surface area contributed by atoms with Crippen molar-refractivity contribution in [3.63, 3.8) is 0 Å². The van der Waals surface area contributed by atoms with E-state index in [1.807, 2.05) is 13.0 Å². The van der Waals surface area contributed by atoms with Gasteiger partial charge in [0.05, 0.1) is 15.6 Å². The lowest BCUT2D eigenvalue weighted by Gasteiger charge is -2.24. The van der Waals surface area contributed by atoms with E-state index in [9.17, 15) is 17.6 Å². The Kier molecular flexibility index (Phi) is 8.10. The molecule has 33 heavy (non-hydrogen) atoms. The number of halogens is 2. The number of carbonyl (C=O) groups is 1. The van der Waals surface area contributed by atoms with Gasteiger partial charge in [-0.2, -0.15) is 0 Å². The number of benzene rings is 3. The van der Waals surface area contributed by atoms with Crippen LogP contribution in [-0.4, -0.2) is 20.9 Å². The largest absolute Gasteiger partial charge is 0.350 e. The summed E-state index contributed by atoms with van der Waals surface area (Å²) in [6.07, 6.45) is 1.69. The highest BCUT2D eigenvalue weighted by molar-refractivity contribution is 7.92. The predicted octanol–water partition coefficient (Wildman–Crippen LogP) is 5.12. The van der Waals surface area contributed by atoms with Gasteiger partial charge >= 0.3 is 0 Å². The van der Waals surface area contributed by atoms with Crippen molar-refractivity contribution >= 4 is 33.2 Å². The predicted molar refractivity (Wildman–Crippen MR) is 129 cm³/mol. The molecule has 0 aliphatic heterocycles. The highest BCUT2D eigenvalue weighted by atomic mass is 35.5. The van der Waals surface area contributed by atoms with Gasteiger partial charge in [0.15, 0.2) is 0 Å². The van der Waals surface area contributed by atoms with Crippen molar-refractivity contribution in [3.8, 4) is 0 Å². The van der Waals surface area contributed by atoms with Crippen LogP contribution < -0.4 is 9.62 Å². The summed E-state index contributed by atoms with van der Waals surface area (Å²) in [7, 11) is -4.09. The number of nitrogens with zero attached hydrogens (tertiary/aromatic N) is 1. The molecular weight excluding hydrogens is 463 g/mol. The Balaban J connectivity index is 1.88. The number of anilines is 1. The second-order valence-electron chi connectivity index (χ2n) is 7.51. The minimum absolute atomic E-state index is 0.0159. The first-order valence-electron chi connectivity index (χ1n) is 10.7. The molecule has 1 N–H and O–H groups in total. The van der Waals surface area contributed by atoms with E-state index < -0.39 is 28.3 Å². The molecule has 0 aromatic heterocycles. The van der Waals surface area contributed by atoms with Gasteiger partial charge in [0.1, 0.15) is 12.4 Å². The van der Waals surface area contributed by atoms with Gasteiger partial charge in [0, 0.05) is 6.54 Å². The normalized spacial score (nSPS) is 11.3. The first-order valence-corrected chi connectivity index (χ1v) is 12.5. The zero-order chi connectivity index (χ0) is 24.0. The third kappa shape index (κ3) is 5.92. The van der Waals surface area contributed by atoms with Crippen LogP contribution in [0.1, 0.15) is 30.5 Å². The van der Waals surface area contributed by atoms with Crippen LogP contribution in [0, 0.1) is 5.82 Å². The van der Waals surface area contributed by atoms with Gasteiger partial charge in [-0.25, -0.2) is 12.8 Å². The Bertz CT molecular complexity index is 1230. The van der Waals surface area contributed by atoms with Gasteiger partial charge in [-0.15, -0.1) is 0 Å². The fraction of sp³-hybridized carbons (Fsp3) is 0.240. The van der Waals surface area contributed by atoms with Crippen LogP contribution in [0.25, 0.3) is 0 Å². The number of sulfonamides is 1. The molecule has 0 radical (unpaired) electrons. The Labute approximate surface area is 199 Å². The summed E-state index contributed by atoms with van der Waals surface area (Å²) in [5.74, 6) is -1.16. The Morgan fingerprint density at radius 1 is 0.970 bits per heavy atom. The van der Waals surface area contributed by atoms with E-state index in [1.54, 1.807) is 18.2 Å². The molecule has 5 nitrogen and oxygen atoms in total. The maximum atomic E-state index is 13.7. The lowest BCUT2D eigenvalue weighted by molar-refractivity contribution is -0.119. The molecule has 0 saturated heterocycles. The molecule has 0 atom stereocenters. The smallest absolute Gasteiger partial charge is 0.264 e. The maximum absolute atomic E-state index is 13.7. The molecule has 0 unspecified atom stereocenters. The molecule has 0 bridgehead atoms. The summed E-state index contributed by atoms with van der Waals surface area (Å²) < 4.78 is 41.3. The first-order chi connectivity index (χ1) is 15.8. The lowest BCUT2D eigenvalue weighted by atomic mass is 10.0. The van der Waals surface area contributed by atoms with Gasteiger partial charge in [-0.1, -0.05) is 61.8 Å². The molecule has 3 aromatic rings. The summed E-state index contributed by atoms with van der Waals surface area (Å²) in [5, 5.41) is 2.59. The fourth-order valence-electron chi connectivity index (χ4n) is 3.46. The van der Waals surface area contributed by atoms with Gasteiger partial charge in [0.2, 0.25) is 5.91 Å². The van der Waals surface area contributed by atoms with Gasteiger partial charge in [-0.3, -0.25) is 9.10 Å². The number of nitrogens with one attached hydrogen (secondary N) is 1. The van der Waals surface area contributed by atoms with E-state index >= 15 is 0 Å². The third-order valence-corrected chi connectivity index (χ3v) is 7.42. The Morgan fingerprint density at radius 2 is 1.70 bits per heavy atom. The monoisotopic (exact) mass is 488 g/mol. The number of hydrogen-bond acceptors (Lipinski definition) is 3. The fourth-order valence-corrected chi connectivity index (χ4v) is 5.07. The number of aryl methyl sites for hydroxylation is 2. The zero-order valence-electron chi connectivity index (χ0n) is 18.5. The highest BCUT2D eigenvalue weighted by Crippen LogP contribution is 2.27. The molecule has 0 fully saturated rings. The molecule has 3 aromatic carbocycles. The van der Waals surface area contributed by atoms with Crippen molar-refractivity contribution in [2.24, 2.45) is 0 Å². The van der Waals surface area contributed by atoms with Crippen LogP contribution in [0.5, 0.6) is 0 Å². The number of carbonyl (C=O) groups excluding carboxylic acids is 1. The number of hydrogen-bond donors (Lipinski definition) is 1. The summed E-state index contributed by atoms with van der Waals surface area (Å²) >= 11 is 5.90. The summed E-state index contributed by atoms with van der Waals surface area (Å²) in [6, 6.07) is 17.5. The van der Waals surface area contributed by atoms with Crippen molar-refractivity contribution in [2.45, 2.75) is 38.1 Å². The summed E-state index contributed by atoms with van der Waals surface area (Å²) in [4.78, 5) is 12.9. The van der Waals surface area contributed by atoms with Crippen molar-refractivity contribution in [1.82, 2.24) is 5.32 Å². The van der Waals surface area contributed by atoms with E-state index in [4.69, 9.17) is 11.6 Å². The van der Waals surface area contributed by atoms with Crippen molar-refractivity contribution in [2.75, 3.05) is 10.8 Å². The minimum atomic E-state index is -4.09. The highest BCUT2D eigenvalue weighted by Gasteiger charge is 2.27. The molecule has 3 rings (SSSR count). The Morgan fingerprint density at radius 3 is 2.33 bits per heavy atom. The van der Waals surface area contributed by atoms with Crippen LogP contribution in [0.2, 0.25) is 5.02 Å². The molecule has 1 amide bonds. The minimum Gasteiger partial charge on any atom is -0.350 e. The van der Waals surface area contributed by atoms with Crippen LogP contribution >= 0.6 is 11.6 Å². The van der Waals surface area contributed by atoms with Crippen molar-refractivity contribution < 1.29 is 17.6 Å². The molecule has 0 aliphatic rings. The molecule has 0 aliphatic carbocycles. The lowest BCUT2D eigenvalue weighted by Crippen LogP contribution is -2.40. The molecule has 0 spiro atoms. The standard InChI is InChI=1S/C25H26ClFN2O3S/c1-3-18-10-11-19(4-2)20(14-18)16-28-25(30)17-29(21-12-13-24(27)23(26)15-21)33(31,32)22-8-6-5-7-9-22/h5-15H,3-4,16-17H2,1-2H3,(H,28,30). The van der Waals surface area contributed by atoms with Crippen LogP contribution in [0.3, 0.4) is 0 Å². The summed E-state index contributed by atoms with van der Waals surface area (Å²) in [5.41, 5.74) is 3.37. The first kappa shape index (κ1) is 24.7. The number of rotatable bonds is 9. The van der Waals surface area contributed by atoms with Crippen LogP contribution in [0.4, 0.5) is 10.1 Å². The van der Waals surface area contributed by atoms with Gasteiger partial charge < -0.3 is 5.32 Å². The maximum Gasteiger partial charge on any atom is 0.264 e. The zero-order valence-corrected chi connectivity index (χ0v) is 20.1. The van der Waals surface area contributed by atoms with E-state index in [1.165, 1.54) is 24.3 Å².